The molecule has 0 bridgehead atoms. The summed E-state index contributed by atoms with van der Waals surface area (Å²) >= 11 is 0. The van der Waals surface area contributed by atoms with E-state index in [1.165, 1.54) is 12.8 Å². The first-order valence-corrected chi connectivity index (χ1v) is 43.4. The van der Waals surface area contributed by atoms with Crippen LogP contribution in [-0.2, 0) is 149 Å². The Balaban J connectivity index is 0.000000630. The molecule has 0 aliphatic heterocycles. The molecule has 24 nitrogen and oxygen atoms in total. The number of hydrogen-bond acceptors (Lipinski definition) is 18. The molecular weight excluding hydrogens is 1420 g/mol. The molecule has 5 aromatic rings. The Morgan fingerprint density at radius 3 is 0.950 bits per heavy atom. The van der Waals surface area contributed by atoms with E-state index in [1.807, 2.05) is 151 Å². The molecule has 30 heteroatoms. The average molecular weight is 1530 g/mol. The maximum absolute atomic E-state index is 10.8. The first kappa shape index (κ1) is 93.2. The van der Waals surface area contributed by atoms with Crippen LogP contribution in [0.3, 0.4) is 0 Å². The topological polar surface area (TPSA) is 382 Å². The zero-order chi connectivity index (χ0) is 74.9. The Bertz CT molecular complexity index is 3650. The van der Waals surface area contributed by atoms with Crippen LogP contribution in [0.5, 0.6) is 5.75 Å². The monoisotopic (exact) mass is 1530 g/mol. The average Bonchev–Trinajstić information content (AvgIpc) is 0.879. The maximum atomic E-state index is 10.8. The lowest BCUT2D eigenvalue weighted by Crippen LogP contribution is -2.06. The standard InChI is InChI=1S/C18H30O5S.C15H24O7S2.C13H20O4S.2C12H18O4S/c1-2-22-13-5-3-4-6-14-23-16-18-11-9-17(10-12-18)8-7-15-24(19,20)21;1-2-22-12-15-10-13(5-3-7-23(16,17)18)9-14(11-15)6-4-8-24(19,20)21;1-3-17-10-13-7-6-12(9-11(13)2)5-4-8-18(14,15)16;1-2-16-10-12-7-5-11(6-8-12)4-3-9-17(13,14)15;1-2-16-12-8-6-11(7-9-12)5-3-4-10-17(13,14)15/h9-12H,2-8,13-16H2,1H3,(H,19,20,21);9-11H,2-8,12H2,1H3,(H,16,17,18)(H,19,20,21);6-7,9H,3-5,8,10H2,1-2H3,(H,14,15,16);5-8H,2-4,9-10H2,1H3,(H,13,14,15);6-9H,2-5,10H2,1H3,(H,13,14,15). The second kappa shape index (κ2) is 52.2. The van der Waals surface area contributed by atoms with E-state index in [-0.39, 0.29) is 34.5 Å². The predicted octanol–water partition coefficient (Wildman–Crippen LogP) is 12.2. The number of unbranched alkanes of at least 4 members (excludes halogenated alkanes) is 4. The molecule has 0 fully saturated rings. The summed E-state index contributed by atoms with van der Waals surface area (Å²) in [5, 5.41) is 0. The summed E-state index contributed by atoms with van der Waals surface area (Å²) in [4.78, 5) is 0. The van der Waals surface area contributed by atoms with E-state index < -0.39 is 60.7 Å². The van der Waals surface area contributed by atoms with Crippen LogP contribution in [0.1, 0.15) is 166 Å². The Morgan fingerprint density at radius 2 is 0.570 bits per heavy atom. The molecule has 0 unspecified atom stereocenters. The van der Waals surface area contributed by atoms with E-state index >= 15 is 0 Å². The van der Waals surface area contributed by atoms with Gasteiger partial charge in [0, 0.05) is 39.6 Å². The highest BCUT2D eigenvalue weighted by atomic mass is 32.2. The van der Waals surface area contributed by atoms with E-state index in [1.54, 1.807) is 0 Å². The van der Waals surface area contributed by atoms with Crippen LogP contribution < -0.4 is 4.74 Å². The molecule has 0 heterocycles. The van der Waals surface area contributed by atoms with Crippen LogP contribution in [0.2, 0.25) is 0 Å². The van der Waals surface area contributed by atoms with Gasteiger partial charge in [0.05, 0.1) is 67.6 Å². The molecule has 0 aliphatic rings. The summed E-state index contributed by atoms with van der Waals surface area (Å²) in [7, 11) is -23.3. The quantitative estimate of drug-likeness (QED) is 0.0156. The third-order valence-corrected chi connectivity index (χ3v) is 19.3. The molecule has 0 amide bonds. The SMILES string of the molecule is CCOCCCCCCOCc1ccc(CCCS(=O)(=O)O)cc1.CCOCc1cc(CCCS(=O)(=O)O)cc(CCCS(=O)(=O)O)c1.CCOCc1ccc(CCCS(=O)(=O)O)cc1.CCOCc1ccc(CCCS(=O)(=O)O)cc1C.CCOc1ccc(CCCCS(=O)(=O)O)cc1. The van der Waals surface area contributed by atoms with Gasteiger partial charge >= 0.3 is 0 Å². The van der Waals surface area contributed by atoms with E-state index in [0.717, 1.165) is 112 Å². The summed E-state index contributed by atoms with van der Waals surface area (Å²) < 4.78 is 212. The van der Waals surface area contributed by atoms with Gasteiger partial charge in [-0.3, -0.25) is 27.3 Å². The molecule has 0 saturated carbocycles. The normalized spacial score (nSPS) is 11.8. The molecule has 6 N–H and O–H groups in total. The van der Waals surface area contributed by atoms with Crippen molar-refractivity contribution in [1.82, 2.24) is 0 Å². The van der Waals surface area contributed by atoms with Crippen molar-refractivity contribution in [2.45, 2.75) is 177 Å². The minimum atomic E-state index is -3.98. The lowest BCUT2D eigenvalue weighted by Gasteiger charge is -2.10. The van der Waals surface area contributed by atoms with Crippen LogP contribution >= 0.6 is 0 Å². The summed E-state index contributed by atoms with van der Waals surface area (Å²) in [5.74, 6) is -0.497. The van der Waals surface area contributed by atoms with Gasteiger partial charge in [0.15, 0.2) is 0 Å². The summed E-state index contributed by atoms with van der Waals surface area (Å²) in [5.41, 5.74) is 11.6. The van der Waals surface area contributed by atoms with Crippen molar-refractivity contribution in [3.05, 3.63) is 170 Å². The van der Waals surface area contributed by atoms with Crippen molar-refractivity contribution in [2.75, 3.05) is 80.8 Å². The fourth-order valence-electron chi connectivity index (χ4n) is 9.47. The minimum Gasteiger partial charge on any atom is -0.494 e. The van der Waals surface area contributed by atoms with Crippen molar-refractivity contribution < 1.29 is 106 Å². The van der Waals surface area contributed by atoms with Crippen molar-refractivity contribution >= 4 is 60.7 Å². The van der Waals surface area contributed by atoms with Gasteiger partial charge in [-0.2, -0.15) is 50.5 Å². The van der Waals surface area contributed by atoms with Crippen LogP contribution in [-0.4, -0.2) is 159 Å². The zero-order valence-corrected chi connectivity index (χ0v) is 63.8. The van der Waals surface area contributed by atoms with Crippen LogP contribution in [0.4, 0.5) is 0 Å². The number of hydrogen-bond donors (Lipinski definition) is 6. The highest BCUT2D eigenvalue weighted by molar-refractivity contribution is 7.86. The highest BCUT2D eigenvalue weighted by Crippen LogP contribution is 2.19. The zero-order valence-electron chi connectivity index (χ0n) is 58.9. The summed E-state index contributed by atoms with van der Waals surface area (Å²) in [6, 6.07) is 35.3. The molecule has 100 heavy (non-hydrogen) atoms. The fraction of sp³-hybridized carbons (Fsp3) is 0.571. The predicted molar refractivity (Wildman–Crippen MR) is 392 cm³/mol. The van der Waals surface area contributed by atoms with Gasteiger partial charge in [-0.15, -0.1) is 0 Å². The van der Waals surface area contributed by atoms with E-state index in [4.69, 9.17) is 55.7 Å². The van der Waals surface area contributed by atoms with E-state index in [0.29, 0.717) is 123 Å². The largest absolute Gasteiger partial charge is 0.494 e. The minimum absolute atomic E-state index is 0.163. The van der Waals surface area contributed by atoms with Crippen LogP contribution in [0.15, 0.2) is 109 Å². The molecule has 570 valence electrons. The third-order valence-electron chi connectivity index (χ3n) is 14.5. The molecule has 0 aromatic heterocycles. The molecule has 0 atom stereocenters. The third kappa shape index (κ3) is 55.7. The number of rotatable bonds is 46. The van der Waals surface area contributed by atoms with Crippen LogP contribution in [0, 0.1) is 6.92 Å². The lowest BCUT2D eigenvalue weighted by atomic mass is 10.0. The second-order valence-electron chi connectivity index (χ2n) is 23.4. The Hall–Kier alpha value is -4.84. The smallest absolute Gasteiger partial charge is 0.264 e. The van der Waals surface area contributed by atoms with Gasteiger partial charge in [-0.1, -0.05) is 110 Å². The molecule has 0 radical (unpaired) electrons. The van der Waals surface area contributed by atoms with Crippen molar-refractivity contribution in [3.8, 4) is 5.75 Å². The van der Waals surface area contributed by atoms with Crippen LogP contribution in [0.25, 0.3) is 0 Å². The second-order valence-corrected chi connectivity index (χ2v) is 32.8. The first-order valence-electron chi connectivity index (χ1n) is 33.7. The molecule has 5 aromatic carbocycles. The molecule has 5 rings (SSSR count). The summed E-state index contributed by atoms with van der Waals surface area (Å²) in [6.45, 7) is 19.0. The summed E-state index contributed by atoms with van der Waals surface area (Å²) in [6.07, 6.45) is 11.3. The fourth-order valence-corrected chi connectivity index (χ4v) is 12.6. The molecular formula is C70H110O24S6. The van der Waals surface area contributed by atoms with Crippen molar-refractivity contribution in [2.24, 2.45) is 0 Å². The molecule has 0 saturated heterocycles. The van der Waals surface area contributed by atoms with Gasteiger partial charge < -0.3 is 28.4 Å². The van der Waals surface area contributed by atoms with Gasteiger partial charge in [-0.05, 0) is 211 Å². The number of benzene rings is 5. The lowest BCUT2D eigenvalue weighted by molar-refractivity contribution is 0.114. The van der Waals surface area contributed by atoms with E-state index in [9.17, 15) is 50.5 Å². The molecule has 0 aliphatic carbocycles. The van der Waals surface area contributed by atoms with Crippen molar-refractivity contribution in [1.29, 1.82) is 0 Å². The first-order chi connectivity index (χ1) is 47.0. The van der Waals surface area contributed by atoms with E-state index in [2.05, 4.69) is 0 Å². The van der Waals surface area contributed by atoms with Crippen molar-refractivity contribution in [3.63, 3.8) is 0 Å². The Morgan fingerprint density at radius 1 is 0.270 bits per heavy atom. The maximum Gasteiger partial charge on any atom is 0.264 e. The van der Waals surface area contributed by atoms with Gasteiger partial charge in [-0.25, -0.2) is 0 Å². The van der Waals surface area contributed by atoms with Gasteiger partial charge in [0.1, 0.15) is 5.75 Å². The van der Waals surface area contributed by atoms with Gasteiger partial charge in [0.25, 0.3) is 60.7 Å². The number of aryl methyl sites for hydroxylation is 7. The highest BCUT2D eigenvalue weighted by Gasteiger charge is 2.12. The van der Waals surface area contributed by atoms with Gasteiger partial charge in [0.2, 0.25) is 0 Å². The number of ether oxygens (including phenoxy) is 6. The Kier molecular flexibility index (Phi) is 48.6. The molecule has 0 spiro atoms. The Labute approximate surface area is 597 Å².